The molecule has 0 radical (unpaired) electrons. The van der Waals surface area contributed by atoms with Crippen LogP contribution in [0.3, 0.4) is 0 Å². The smallest absolute Gasteiger partial charge is 0.164 e. The van der Waals surface area contributed by atoms with E-state index in [1.807, 2.05) is 78.9 Å². The van der Waals surface area contributed by atoms with Crippen molar-refractivity contribution >= 4 is 49.3 Å². The molecule has 7 aromatic carbocycles. The van der Waals surface area contributed by atoms with Crippen molar-refractivity contribution in [1.29, 1.82) is 0 Å². The maximum atomic E-state index is 4.96. The molecule has 0 unspecified atom stereocenters. The van der Waals surface area contributed by atoms with E-state index < -0.39 is 0 Å². The molecule has 0 amide bonds. The van der Waals surface area contributed by atoms with E-state index in [0.717, 1.165) is 61.3 Å². The highest BCUT2D eigenvalue weighted by molar-refractivity contribution is 6.13. The Hall–Kier alpha value is -7.63. The third kappa shape index (κ3) is 5.53. The molecule has 5 nitrogen and oxygen atoms in total. The van der Waals surface area contributed by atoms with Crippen molar-refractivity contribution in [3.8, 4) is 51.0 Å². The van der Waals surface area contributed by atoms with Crippen molar-refractivity contribution in [2.24, 2.45) is 0 Å². The van der Waals surface area contributed by atoms with Crippen LogP contribution in [0.1, 0.15) is 0 Å². The minimum Gasteiger partial charge on any atom is -0.309 e. The first kappa shape index (κ1) is 33.0. The maximum Gasteiger partial charge on any atom is 0.164 e. The standard InChI is InChI=1S/C51H35N5/c1-3-15-39(4-2)55-46-23-14-12-21-42(46)44-32-37(27-31-47(44)55)38-26-30-43-41-20-11-13-22-45(41)56(48(43)33-38)40-28-24-36(25-29-40)51-53-49(34-16-7-5-8-17-34)52-50(54-51)35-18-9-6-10-19-35/h3-33H,1-2H2/b39-15+. The van der Waals surface area contributed by atoms with Crippen molar-refractivity contribution < 1.29 is 0 Å². The van der Waals surface area contributed by atoms with Gasteiger partial charge in [0.15, 0.2) is 17.5 Å². The van der Waals surface area contributed by atoms with Crippen LogP contribution in [-0.4, -0.2) is 24.1 Å². The van der Waals surface area contributed by atoms with Gasteiger partial charge in [-0.15, -0.1) is 0 Å². The largest absolute Gasteiger partial charge is 0.309 e. The second-order valence-corrected chi connectivity index (χ2v) is 13.8. The van der Waals surface area contributed by atoms with E-state index in [2.05, 4.69) is 131 Å². The van der Waals surface area contributed by atoms with E-state index in [1.165, 1.54) is 21.5 Å². The van der Waals surface area contributed by atoms with Crippen LogP contribution in [-0.2, 0) is 0 Å². The molecule has 0 saturated carbocycles. The van der Waals surface area contributed by atoms with Crippen molar-refractivity contribution in [3.63, 3.8) is 0 Å². The number of para-hydroxylation sites is 2. The quantitative estimate of drug-likeness (QED) is 0.147. The third-order valence-corrected chi connectivity index (χ3v) is 10.5. The number of allylic oxidation sites excluding steroid dienone is 4. The van der Waals surface area contributed by atoms with Crippen LogP contribution in [0.2, 0.25) is 0 Å². The Morgan fingerprint density at radius 2 is 0.893 bits per heavy atom. The van der Waals surface area contributed by atoms with Gasteiger partial charge in [-0.2, -0.15) is 0 Å². The number of nitrogens with zero attached hydrogens (tertiary/aromatic N) is 5. The first-order chi connectivity index (χ1) is 27.7. The summed E-state index contributed by atoms with van der Waals surface area (Å²) in [6, 6.07) is 59.4. The van der Waals surface area contributed by atoms with Gasteiger partial charge in [-0.3, -0.25) is 0 Å². The van der Waals surface area contributed by atoms with Crippen molar-refractivity contribution in [3.05, 3.63) is 201 Å². The highest BCUT2D eigenvalue weighted by atomic mass is 15.0. The van der Waals surface area contributed by atoms with Crippen LogP contribution in [0.15, 0.2) is 201 Å². The molecule has 0 fully saturated rings. The number of aromatic nitrogens is 5. The zero-order valence-corrected chi connectivity index (χ0v) is 30.5. The molecule has 0 aliphatic heterocycles. The summed E-state index contributed by atoms with van der Waals surface area (Å²) in [5.74, 6) is 1.92. The van der Waals surface area contributed by atoms with E-state index in [0.29, 0.717) is 17.5 Å². The van der Waals surface area contributed by atoms with Gasteiger partial charge >= 0.3 is 0 Å². The molecule has 0 spiro atoms. The summed E-state index contributed by atoms with van der Waals surface area (Å²) < 4.78 is 4.62. The Bertz CT molecular complexity index is 3090. The predicted molar refractivity (Wildman–Crippen MR) is 234 cm³/mol. The first-order valence-corrected chi connectivity index (χ1v) is 18.7. The van der Waals surface area contributed by atoms with E-state index in [9.17, 15) is 0 Å². The molecule has 3 heterocycles. The van der Waals surface area contributed by atoms with Crippen LogP contribution in [0.4, 0.5) is 0 Å². The molecule has 0 bridgehead atoms. The lowest BCUT2D eigenvalue weighted by molar-refractivity contribution is 1.07. The number of hydrogen-bond acceptors (Lipinski definition) is 3. The van der Waals surface area contributed by atoms with Gasteiger partial charge in [0, 0.05) is 49.6 Å². The molecule has 0 N–H and O–H groups in total. The van der Waals surface area contributed by atoms with Crippen molar-refractivity contribution in [1.82, 2.24) is 24.1 Å². The Morgan fingerprint density at radius 1 is 0.411 bits per heavy atom. The summed E-state index contributed by atoms with van der Waals surface area (Å²) in [6.07, 6.45) is 5.69. The number of rotatable bonds is 8. The average Bonchev–Trinajstić information content (AvgIpc) is 3.78. The predicted octanol–water partition coefficient (Wildman–Crippen LogP) is 13.0. The molecule has 0 aliphatic carbocycles. The summed E-state index contributed by atoms with van der Waals surface area (Å²) in [5, 5.41) is 4.80. The van der Waals surface area contributed by atoms with Gasteiger partial charge in [0.25, 0.3) is 0 Å². The fourth-order valence-corrected chi connectivity index (χ4v) is 7.91. The Morgan fingerprint density at radius 3 is 1.52 bits per heavy atom. The molecule has 5 heteroatoms. The van der Waals surface area contributed by atoms with Gasteiger partial charge in [0.05, 0.1) is 22.1 Å². The fraction of sp³-hybridized carbons (Fsp3) is 0. The normalized spacial score (nSPS) is 11.8. The molecule has 3 aromatic heterocycles. The summed E-state index contributed by atoms with van der Waals surface area (Å²) >= 11 is 0. The molecule has 10 aromatic rings. The molecule has 56 heavy (non-hydrogen) atoms. The van der Waals surface area contributed by atoms with Crippen molar-refractivity contribution in [2.45, 2.75) is 0 Å². The summed E-state index contributed by atoms with van der Waals surface area (Å²) in [5.41, 5.74) is 11.7. The minimum atomic E-state index is 0.630. The summed E-state index contributed by atoms with van der Waals surface area (Å²) in [7, 11) is 0. The average molecular weight is 718 g/mol. The molecule has 0 aliphatic rings. The monoisotopic (exact) mass is 717 g/mol. The van der Waals surface area contributed by atoms with Crippen molar-refractivity contribution in [2.75, 3.05) is 0 Å². The molecule has 0 saturated heterocycles. The van der Waals surface area contributed by atoms with Gasteiger partial charge in [-0.25, -0.2) is 15.0 Å². The van der Waals surface area contributed by atoms with Crippen LogP contribution in [0.25, 0.3) is 100 Å². The second kappa shape index (κ2) is 13.7. The second-order valence-electron chi connectivity index (χ2n) is 13.8. The zero-order chi connectivity index (χ0) is 37.6. The lowest BCUT2D eigenvalue weighted by Gasteiger charge is -2.11. The Kier molecular flexibility index (Phi) is 8.04. The lowest BCUT2D eigenvalue weighted by atomic mass is 10.0. The van der Waals surface area contributed by atoms with Gasteiger partial charge in [0.1, 0.15) is 0 Å². The molecular weight excluding hydrogens is 683 g/mol. The zero-order valence-electron chi connectivity index (χ0n) is 30.5. The van der Waals surface area contributed by atoms with Crippen LogP contribution >= 0.6 is 0 Å². The van der Waals surface area contributed by atoms with Crippen LogP contribution < -0.4 is 0 Å². The Balaban J connectivity index is 1.10. The van der Waals surface area contributed by atoms with E-state index in [1.54, 1.807) is 0 Å². The van der Waals surface area contributed by atoms with Gasteiger partial charge < -0.3 is 9.13 Å². The summed E-state index contributed by atoms with van der Waals surface area (Å²) in [6.45, 7) is 8.04. The maximum absolute atomic E-state index is 4.96. The van der Waals surface area contributed by atoms with E-state index >= 15 is 0 Å². The van der Waals surface area contributed by atoms with Crippen LogP contribution in [0, 0.1) is 0 Å². The fourth-order valence-electron chi connectivity index (χ4n) is 7.91. The number of fused-ring (bicyclic) bond motifs is 6. The topological polar surface area (TPSA) is 48.5 Å². The Labute approximate surface area is 324 Å². The highest BCUT2D eigenvalue weighted by Crippen LogP contribution is 2.38. The molecular formula is C51H35N5. The van der Waals surface area contributed by atoms with Gasteiger partial charge in [-0.05, 0) is 77.9 Å². The van der Waals surface area contributed by atoms with E-state index in [4.69, 9.17) is 15.0 Å². The minimum absolute atomic E-state index is 0.630. The SMILES string of the molecule is C=C/C=C(\C=C)n1c2ccccc2c2cc(-c3ccc4c5ccccc5n(-c5ccc(-c6nc(-c7ccccc7)nc(-c7ccccc7)n6)cc5)c4c3)ccc21. The number of benzene rings is 7. The third-order valence-electron chi connectivity index (χ3n) is 10.5. The van der Waals surface area contributed by atoms with E-state index in [-0.39, 0.29) is 0 Å². The first-order valence-electron chi connectivity index (χ1n) is 18.7. The van der Waals surface area contributed by atoms with Gasteiger partial charge in [-0.1, -0.05) is 134 Å². The number of hydrogen-bond donors (Lipinski definition) is 0. The van der Waals surface area contributed by atoms with Gasteiger partial charge in [0.2, 0.25) is 0 Å². The molecule has 0 atom stereocenters. The summed E-state index contributed by atoms with van der Waals surface area (Å²) in [4.78, 5) is 14.8. The van der Waals surface area contributed by atoms with Crippen LogP contribution in [0.5, 0.6) is 0 Å². The molecule has 264 valence electrons. The molecule has 10 rings (SSSR count). The highest BCUT2D eigenvalue weighted by Gasteiger charge is 2.17. The lowest BCUT2D eigenvalue weighted by Crippen LogP contribution is -2.00.